The van der Waals surface area contributed by atoms with E-state index in [0.717, 1.165) is 13.2 Å². The van der Waals surface area contributed by atoms with Crippen molar-refractivity contribution in [2.45, 2.75) is 219 Å². The van der Waals surface area contributed by atoms with Crippen molar-refractivity contribution in [2.24, 2.45) is 0 Å². The number of ether oxygens (including phenoxy) is 2. The van der Waals surface area contributed by atoms with E-state index in [1.165, 1.54) is 205 Å². The molecule has 0 amide bonds. The van der Waals surface area contributed by atoms with E-state index in [1.807, 2.05) is 0 Å². The third kappa shape index (κ3) is 52.2. The third-order valence-electron chi connectivity index (χ3n) is 9.21. The SMILES string of the molecule is CCCCCCCCCCCCCCCCCCOCCCCCCCCCCCCCCCCCC.O=P(O)(O)OP(=O)(O)OCCOCCO. The number of hydrogen-bond acceptors (Lipinski definition) is 7. The Kier molecular flexibility index (Phi) is 45.8. The maximum atomic E-state index is 10.8. The van der Waals surface area contributed by atoms with Crippen LogP contribution in [-0.2, 0) is 27.4 Å². The molecule has 0 spiro atoms. The maximum absolute atomic E-state index is 10.8. The van der Waals surface area contributed by atoms with Crippen molar-refractivity contribution in [3.63, 3.8) is 0 Å². The van der Waals surface area contributed by atoms with Crippen LogP contribution < -0.4 is 0 Å². The molecule has 0 aromatic rings. The van der Waals surface area contributed by atoms with E-state index in [4.69, 9.17) is 24.5 Å². The molecule has 0 fully saturated rings. The molecule has 1 atom stereocenters. The summed E-state index contributed by atoms with van der Waals surface area (Å²) in [6.07, 6.45) is 46.0. The molecule has 316 valence electrons. The van der Waals surface area contributed by atoms with Crippen LogP contribution in [0.2, 0.25) is 0 Å². The monoisotopic (exact) mass is 789 g/mol. The standard InChI is InChI=1S/C36H74O.C4H12O9P2/c1-3-5-7-9-11-13-15-17-19-21-23-25-27-29-31-33-35-37-36-34-32-30-28-26-24-22-20-18-16-14-12-10-8-6-4-2;5-1-2-11-3-4-12-15(9,10)13-14(6,7)8/h3-36H2,1-2H3;5H,1-4H2,(H,9,10)(H2,6,7,8). The molecular formula is C40H86O10P2. The fourth-order valence-electron chi connectivity index (χ4n) is 6.14. The normalized spacial score (nSPS) is 12.9. The topological polar surface area (TPSA) is 152 Å². The molecule has 4 N–H and O–H groups in total. The Morgan fingerprint density at radius 2 is 0.635 bits per heavy atom. The van der Waals surface area contributed by atoms with Crippen molar-refractivity contribution >= 4 is 15.6 Å². The van der Waals surface area contributed by atoms with Crippen molar-refractivity contribution in [3.8, 4) is 0 Å². The van der Waals surface area contributed by atoms with Gasteiger partial charge in [-0.25, -0.2) is 9.13 Å². The second kappa shape index (κ2) is 43.9. The van der Waals surface area contributed by atoms with Gasteiger partial charge < -0.3 is 29.3 Å². The Hall–Kier alpha value is 0.140. The van der Waals surface area contributed by atoms with Gasteiger partial charge in [0.2, 0.25) is 0 Å². The van der Waals surface area contributed by atoms with Gasteiger partial charge >= 0.3 is 15.6 Å². The Bertz CT molecular complexity index is 735. The zero-order valence-electron chi connectivity index (χ0n) is 34.0. The highest BCUT2D eigenvalue weighted by Crippen LogP contribution is 2.57. The van der Waals surface area contributed by atoms with Crippen LogP contribution in [0.1, 0.15) is 219 Å². The van der Waals surface area contributed by atoms with Crippen LogP contribution in [0.3, 0.4) is 0 Å². The summed E-state index contributed by atoms with van der Waals surface area (Å²) in [7, 11) is -9.84. The Labute approximate surface area is 321 Å². The number of unbranched alkanes of at least 4 members (excludes halogenated alkanes) is 30. The lowest BCUT2D eigenvalue weighted by Crippen LogP contribution is -2.06. The molecule has 12 heteroatoms. The van der Waals surface area contributed by atoms with Crippen LogP contribution in [0.15, 0.2) is 0 Å². The van der Waals surface area contributed by atoms with E-state index in [9.17, 15) is 9.13 Å². The summed E-state index contributed by atoms with van der Waals surface area (Å²) in [5.41, 5.74) is 0. The van der Waals surface area contributed by atoms with Gasteiger partial charge in [-0.2, -0.15) is 4.31 Å². The molecule has 0 radical (unpaired) electrons. The van der Waals surface area contributed by atoms with Crippen molar-refractivity contribution in [2.75, 3.05) is 39.6 Å². The number of rotatable bonds is 42. The van der Waals surface area contributed by atoms with Crippen molar-refractivity contribution in [1.82, 2.24) is 0 Å². The number of hydrogen-bond donors (Lipinski definition) is 4. The molecule has 0 saturated carbocycles. The summed E-state index contributed by atoms with van der Waals surface area (Å²) >= 11 is 0. The molecule has 0 bridgehead atoms. The lowest BCUT2D eigenvalue weighted by Gasteiger charge is -2.12. The van der Waals surface area contributed by atoms with Gasteiger partial charge in [-0.1, -0.05) is 206 Å². The molecule has 0 heterocycles. The van der Waals surface area contributed by atoms with Crippen LogP contribution in [0.4, 0.5) is 0 Å². The first-order valence-electron chi connectivity index (χ1n) is 21.7. The van der Waals surface area contributed by atoms with Crippen molar-refractivity contribution in [1.29, 1.82) is 0 Å². The molecule has 0 aliphatic heterocycles. The van der Waals surface area contributed by atoms with Gasteiger partial charge in [-0.15, -0.1) is 0 Å². The minimum absolute atomic E-state index is 0.0262. The van der Waals surface area contributed by atoms with E-state index < -0.39 is 22.3 Å². The average Bonchev–Trinajstić information content (AvgIpc) is 3.09. The number of aliphatic hydroxyl groups excluding tert-OH is 1. The van der Waals surface area contributed by atoms with Crippen LogP contribution >= 0.6 is 15.6 Å². The van der Waals surface area contributed by atoms with Crippen LogP contribution in [0.25, 0.3) is 0 Å². The van der Waals surface area contributed by atoms with Gasteiger partial charge in [0.25, 0.3) is 0 Å². The summed E-state index contributed by atoms with van der Waals surface area (Å²) in [4.78, 5) is 25.1. The number of aliphatic hydroxyl groups is 1. The van der Waals surface area contributed by atoms with Crippen molar-refractivity contribution < 1.29 is 47.2 Å². The first kappa shape index (κ1) is 54.2. The third-order valence-corrected chi connectivity index (χ3v) is 11.4. The maximum Gasteiger partial charge on any atom is 0.481 e. The van der Waals surface area contributed by atoms with E-state index in [-0.39, 0.29) is 19.8 Å². The molecule has 0 aromatic carbocycles. The molecule has 10 nitrogen and oxygen atoms in total. The predicted molar refractivity (Wildman–Crippen MR) is 217 cm³/mol. The predicted octanol–water partition coefficient (Wildman–Crippen LogP) is 12.7. The highest BCUT2D eigenvalue weighted by atomic mass is 31.3. The van der Waals surface area contributed by atoms with E-state index in [2.05, 4.69) is 27.4 Å². The Balaban J connectivity index is 0. The second-order valence-corrected chi connectivity index (χ2v) is 17.3. The molecule has 0 rings (SSSR count). The van der Waals surface area contributed by atoms with E-state index >= 15 is 0 Å². The fraction of sp³-hybridized carbons (Fsp3) is 1.00. The van der Waals surface area contributed by atoms with E-state index in [1.54, 1.807) is 0 Å². The lowest BCUT2D eigenvalue weighted by molar-refractivity contribution is 0.0614. The second-order valence-electron chi connectivity index (χ2n) is 14.4. The minimum atomic E-state index is -5.07. The molecule has 0 saturated heterocycles. The van der Waals surface area contributed by atoms with Gasteiger partial charge in [0.1, 0.15) is 0 Å². The number of phosphoric ester groups is 1. The highest BCUT2D eigenvalue weighted by Gasteiger charge is 2.32. The molecule has 0 aliphatic rings. The first-order chi connectivity index (χ1) is 25.2. The zero-order chi connectivity index (χ0) is 38.7. The van der Waals surface area contributed by atoms with Gasteiger partial charge in [0.15, 0.2) is 0 Å². The smallest absolute Gasteiger partial charge is 0.394 e. The molecule has 0 aliphatic carbocycles. The van der Waals surface area contributed by atoms with Gasteiger partial charge in [-0.3, -0.25) is 4.52 Å². The van der Waals surface area contributed by atoms with Crippen LogP contribution in [0, 0.1) is 0 Å². The minimum Gasteiger partial charge on any atom is -0.394 e. The average molecular weight is 789 g/mol. The molecule has 0 aromatic heterocycles. The summed E-state index contributed by atoms with van der Waals surface area (Å²) in [6.45, 7) is 5.90. The van der Waals surface area contributed by atoms with Gasteiger partial charge in [-0.05, 0) is 12.8 Å². The largest absolute Gasteiger partial charge is 0.481 e. The van der Waals surface area contributed by atoms with Gasteiger partial charge in [0, 0.05) is 13.2 Å². The van der Waals surface area contributed by atoms with E-state index in [0.29, 0.717) is 0 Å². The zero-order valence-corrected chi connectivity index (χ0v) is 35.8. The summed E-state index contributed by atoms with van der Waals surface area (Å²) in [5, 5.41) is 8.28. The Morgan fingerprint density at radius 3 is 0.904 bits per heavy atom. The Morgan fingerprint density at radius 1 is 0.365 bits per heavy atom. The summed E-state index contributed by atoms with van der Waals surface area (Å²) in [6, 6.07) is 0. The molecular weight excluding hydrogens is 702 g/mol. The van der Waals surface area contributed by atoms with Gasteiger partial charge in [0.05, 0.1) is 26.4 Å². The fourth-order valence-corrected chi connectivity index (χ4v) is 7.71. The molecule has 52 heavy (non-hydrogen) atoms. The first-order valence-corrected chi connectivity index (χ1v) is 24.7. The van der Waals surface area contributed by atoms with Crippen LogP contribution in [-0.4, -0.2) is 59.4 Å². The number of phosphoric acid groups is 2. The molecule has 1 unspecified atom stereocenters. The summed E-state index contributed by atoms with van der Waals surface area (Å²) < 4.78 is 39.1. The summed E-state index contributed by atoms with van der Waals surface area (Å²) in [5.74, 6) is 0. The van der Waals surface area contributed by atoms with Crippen molar-refractivity contribution in [3.05, 3.63) is 0 Å². The lowest BCUT2D eigenvalue weighted by atomic mass is 10.0. The van der Waals surface area contributed by atoms with Crippen LogP contribution in [0.5, 0.6) is 0 Å². The highest BCUT2D eigenvalue weighted by molar-refractivity contribution is 7.60. The quantitative estimate of drug-likeness (QED) is 0.0347.